The van der Waals surface area contributed by atoms with Crippen LogP contribution >= 0.6 is 0 Å². The average molecular weight is 305 g/mol. The molecule has 1 fully saturated rings. The van der Waals surface area contributed by atoms with Crippen LogP contribution in [0.3, 0.4) is 0 Å². The van der Waals surface area contributed by atoms with E-state index >= 15 is 0 Å². The number of fused-ring (bicyclic) bond motifs is 2. The number of rotatable bonds is 1. The predicted octanol–water partition coefficient (Wildman–Crippen LogP) is 3.12. The van der Waals surface area contributed by atoms with Crippen LogP contribution in [0.4, 0.5) is 4.79 Å². The van der Waals surface area contributed by atoms with E-state index in [0.29, 0.717) is 0 Å². The van der Waals surface area contributed by atoms with Gasteiger partial charge in [-0.3, -0.25) is 4.68 Å². The van der Waals surface area contributed by atoms with Gasteiger partial charge in [0.2, 0.25) is 0 Å². The van der Waals surface area contributed by atoms with Gasteiger partial charge in [-0.05, 0) is 58.9 Å². The fourth-order valence-corrected chi connectivity index (χ4v) is 3.88. The molecular formula is C17H27N3O2. The zero-order chi connectivity index (χ0) is 16.0. The highest BCUT2D eigenvalue weighted by Crippen LogP contribution is 2.46. The lowest BCUT2D eigenvalue weighted by Gasteiger charge is -2.40. The Balaban J connectivity index is 1.71. The van der Waals surface area contributed by atoms with Crippen LogP contribution in [0.5, 0.6) is 0 Å². The number of hydrogen-bond acceptors (Lipinski definition) is 3. The summed E-state index contributed by atoms with van der Waals surface area (Å²) in [6.45, 7) is 10.4. The van der Waals surface area contributed by atoms with Gasteiger partial charge in [0, 0.05) is 30.7 Å². The van der Waals surface area contributed by atoms with Gasteiger partial charge in [-0.15, -0.1) is 0 Å². The van der Waals surface area contributed by atoms with Gasteiger partial charge < -0.3 is 9.64 Å². The summed E-state index contributed by atoms with van der Waals surface area (Å²) in [5.74, 6) is 0. The second-order valence-electron chi connectivity index (χ2n) is 7.58. The van der Waals surface area contributed by atoms with Crippen LogP contribution in [0.1, 0.15) is 58.2 Å². The van der Waals surface area contributed by atoms with Crippen molar-refractivity contribution in [2.24, 2.45) is 0 Å². The van der Waals surface area contributed by atoms with Gasteiger partial charge in [0.05, 0.1) is 6.20 Å². The summed E-state index contributed by atoms with van der Waals surface area (Å²) in [5, 5.41) is 4.52. The van der Waals surface area contributed by atoms with Crippen LogP contribution in [0.25, 0.3) is 0 Å². The predicted molar refractivity (Wildman–Crippen MR) is 84.9 cm³/mol. The molecule has 1 amide bonds. The normalized spacial score (nSPS) is 20.3. The lowest BCUT2D eigenvalue weighted by atomic mass is 9.76. The highest BCUT2D eigenvalue weighted by molar-refractivity contribution is 5.68. The van der Waals surface area contributed by atoms with Crippen LogP contribution in [-0.4, -0.2) is 39.5 Å². The highest BCUT2D eigenvalue weighted by atomic mass is 16.6. The van der Waals surface area contributed by atoms with Crippen molar-refractivity contribution in [3.8, 4) is 0 Å². The summed E-state index contributed by atoms with van der Waals surface area (Å²) in [4.78, 5) is 14.1. The third kappa shape index (κ3) is 2.61. The van der Waals surface area contributed by atoms with Crippen molar-refractivity contribution in [2.45, 2.75) is 70.9 Å². The molecule has 0 N–H and O–H groups in total. The van der Waals surface area contributed by atoms with Crippen molar-refractivity contribution in [3.63, 3.8) is 0 Å². The van der Waals surface area contributed by atoms with E-state index in [1.807, 2.05) is 31.9 Å². The standard InChI is InChI=1S/C17H27N3O2/c1-5-20-14-13(12-18-20)6-7-17(14)8-10-19(11-9-17)15(21)22-16(2,3)4/h12H,5-11H2,1-4H3. The number of amides is 1. The van der Waals surface area contributed by atoms with E-state index in [1.165, 1.54) is 17.7 Å². The van der Waals surface area contributed by atoms with Gasteiger partial charge in [-0.2, -0.15) is 5.10 Å². The summed E-state index contributed by atoms with van der Waals surface area (Å²) in [6, 6.07) is 0. The monoisotopic (exact) mass is 305 g/mol. The first-order chi connectivity index (χ1) is 10.3. The maximum absolute atomic E-state index is 12.2. The summed E-state index contributed by atoms with van der Waals surface area (Å²) in [5.41, 5.74) is 2.64. The molecule has 0 aromatic carbocycles. The number of aryl methyl sites for hydroxylation is 2. The third-order valence-corrected chi connectivity index (χ3v) is 4.96. The molecular weight excluding hydrogens is 278 g/mol. The molecule has 1 aliphatic carbocycles. The molecule has 1 saturated heterocycles. The number of carbonyl (C=O) groups is 1. The Morgan fingerprint density at radius 3 is 2.59 bits per heavy atom. The van der Waals surface area contributed by atoms with Crippen molar-refractivity contribution in [1.82, 2.24) is 14.7 Å². The molecule has 122 valence electrons. The summed E-state index contributed by atoms with van der Waals surface area (Å²) in [7, 11) is 0. The molecule has 1 aromatic heterocycles. The van der Waals surface area contributed by atoms with E-state index in [2.05, 4.69) is 16.7 Å². The minimum Gasteiger partial charge on any atom is -0.444 e. The van der Waals surface area contributed by atoms with Gasteiger partial charge in [0.15, 0.2) is 0 Å². The smallest absolute Gasteiger partial charge is 0.410 e. The molecule has 1 aromatic rings. The van der Waals surface area contributed by atoms with Gasteiger partial charge in [-0.25, -0.2) is 4.79 Å². The molecule has 5 nitrogen and oxygen atoms in total. The Labute approximate surface area is 132 Å². The number of ether oxygens (including phenoxy) is 1. The molecule has 0 atom stereocenters. The summed E-state index contributed by atoms with van der Waals surface area (Å²) < 4.78 is 7.66. The van der Waals surface area contributed by atoms with Gasteiger partial charge >= 0.3 is 6.09 Å². The van der Waals surface area contributed by atoms with E-state index in [9.17, 15) is 4.79 Å². The van der Waals surface area contributed by atoms with E-state index in [-0.39, 0.29) is 11.5 Å². The zero-order valence-electron chi connectivity index (χ0n) is 14.2. The van der Waals surface area contributed by atoms with Crippen molar-refractivity contribution in [1.29, 1.82) is 0 Å². The largest absolute Gasteiger partial charge is 0.444 e. The van der Waals surface area contributed by atoms with Crippen molar-refractivity contribution < 1.29 is 9.53 Å². The molecule has 0 saturated carbocycles. The first-order valence-electron chi connectivity index (χ1n) is 8.38. The third-order valence-electron chi connectivity index (χ3n) is 4.96. The maximum atomic E-state index is 12.2. The number of hydrogen-bond donors (Lipinski definition) is 0. The summed E-state index contributed by atoms with van der Waals surface area (Å²) in [6.07, 6.45) is 6.22. The molecule has 22 heavy (non-hydrogen) atoms. The van der Waals surface area contributed by atoms with Crippen LogP contribution in [-0.2, 0) is 23.1 Å². The fourth-order valence-electron chi connectivity index (χ4n) is 3.88. The first kappa shape index (κ1) is 15.4. The van der Waals surface area contributed by atoms with Crippen LogP contribution in [0.2, 0.25) is 0 Å². The Morgan fingerprint density at radius 2 is 2.00 bits per heavy atom. The van der Waals surface area contributed by atoms with Crippen LogP contribution in [0.15, 0.2) is 6.20 Å². The average Bonchev–Trinajstić information content (AvgIpc) is 3.00. The lowest BCUT2D eigenvalue weighted by molar-refractivity contribution is 0.0160. The summed E-state index contributed by atoms with van der Waals surface area (Å²) >= 11 is 0. The van der Waals surface area contributed by atoms with E-state index in [1.54, 1.807) is 0 Å². The van der Waals surface area contributed by atoms with Crippen molar-refractivity contribution >= 4 is 6.09 Å². The maximum Gasteiger partial charge on any atom is 0.410 e. The van der Waals surface area contributed by atoms with E-state index < -0.39 is 5.60 Å². The minimum atomic E-state index is -0.423. The van der Waals surface area contributed by atoms with Crippen molar-refractivity contribution in [2.75, 3.05) is 13.1 Å². The Morgan fingerprint density at radius 1 is 1.32 bits per heavy atom. The zero-order valence-corrected chi connectivity index (χ0v) is 14.2. The van der Waals surface area contributed by atoms with Crippen LogP contribution < -0.4 is 0 Å². The molecule has 0 bridgehead atoms. The molecule has 5 heteroatoms. The molecule has 3 rings (SSSR count). The van der Waals surface area contributed by atoms with Gasteiger partial charge in [0.1, 0.15) is 5.60 Å². The second-order valence-corrected chi connectivity index (χ2v) is 7.58. The second kappa shape index (κ2) is 5.28. The Kier molecular flexibility index (Phi) is 3.69. The SMILES string of the molecule is CCn1ncc2c1C1(CC2)CCN(C(=O)OC(C)(C)C)CC1. The van der Waals surface area contributed by atoms with E-state index in [4.69, 9.17) is 4.74 Å². The Hall–Kier alpha value is -1.52. The van der Waals surface area contributed by atoms with E-state index in [0.717, 1.165) is 38.9 Å². The number of nitrogens with zero attached hydrogens (tertiary/aromatic N) is 3. The lowest BCUT2D eigenvalue weighted by Crippen LogP contribution is -2.46. The number of likely N-dealkylation sites (tertiary alicyclic amines) is 1. The molecule has 1 spiro atoms. The molecule has 2 aliphatic rings. The molecule has 2 heterocycles. The number of piperidine rings is 1. The number of carbonyl (C=O) groups excluding carboxylic acids is 1. The van der Waals surface area contributed by atoms with Gasteiger partial charge in [0.25, 0.3) is 0 Å². The minimum absolute atomic E-state index is 0.176. The molecule has 0 unspecified atom stereocenters. The Bertz CT molecular complexity index is 563. The topological polar surface area (TPSA) is 47.4 Å². The molecule has 0 radical (unpaired) electrons. The number of aromatic nitrogens is 2. The molecule has 1 aliphatic heterocycles. The quantitative estimate of drug-likeness (QED) is 0.801. The first-order valence-corrected chi connectivity index (χ1v) is 8.38. The van der Waals surface area contributed by atoms with Crippen molar-refractivity contribution in [3.05, 3.63) is 17.5 Å². The fraction of sp³-hybridized carbons (Fsp3) is 0.765. The highest BCUT2D eigenvalue weighted by Gasteiger charge is 2.45. The van der Waals surface area contributed by atoms with Crippen LogP contribution in [0, 0.1) is 0 Å². The van der Waals surface area contributed by atoms with Gasteiger partial charge in [-0.1, -0.05) is 0 Å².